The van der Waals surface area contributed by atoms with Crippen LogP contribution in [-0.2, 0) is 16.0 Å². The van der Waals surface area contributed by atoms with Crippen LogP contribution in [0, 0.1) is 0 Å². The van der Waals surface area contributed by atoms with Gasteiger partial charge in [-0.3, -0.25) is 9.59 Å². The molecule has 0 aliphatic heterocycles. The fraction of sp³-hybridized carbons (Fsp3) is 0.286. The summed E-state index contributed by atoms with van der Waals surface area (Å²) in [4.78, 5) is 22.1. The SMILES string of the molecule is COc1ccc2occ(CC(=O)NCCC(=O)O)c2c1. The van der Waals surface area contributed by atoms with Gasteiger partial charge in [-0.15, -0.1) is 0 Å². The first kappa shape index (κ1) is 13.9. The highest BCUT2D eigenvalue weighted by Gasteiger charge is 2.11. The monoisotopic (exact) mass is 277 g/mol. The van der Waals surface area contributed by atoms with E-state index in [0.717, 1.165) is 10.9 Å². The van der Waals surface area contributed by atoms with Crippen molar-refractivity contribution < 1.29 is 23.8 Å². The molecule has 0 bridgehead atoms. The van der Waals surface area contributed by atoms with Crippen LogP contribution in [0.3, 0.4) is 0 Å². The number of amides is 1. The van der Waals surface area contributed by atoms with E-state index in [4.69, 9.17) is 14.3 Å². The van der Waals surface area contributed by atoms with E-state index in [-0.39, 0.29) is 25.3 Å². The Morgan fingerprint density at radius 2 is 2.20 bits per heavy atom. The van der Waals surface area contributed by atoms with Crippen LogP contribution in [0.15, 0.2) is 28.9 Å². The zero-order chi connectivity index (χ0) is 14.5. The summed E-state index contributed by atoms with van der Waals surface area (Å²) in [6, 6.07) is 5.36. The number of carbonyl (C=O) groups excluding carboxylic acids is 1. The zero-order valence-corrected chi connectivity index (χ0v) is 11.0. The van der Waals surface area contributed by atoms with Gasteiger partial charge < -0.3 is 19.6 Å². The molecular weight excluding hydrogens is 262 g/mol. The molecule has 2 rings (SSSR count). The van der Waals surface area contributed by atoms with E-state index in [1.165, 1.54) is 6.26 Å². The molecule has 2 N–H and O–H groups in total. The van der Waals surface area contributed by atoms with Crippen molar-refractivity contribution >= 4 is 22.8 Å². The highest BCUT2D eigenvalue weighted by Crippen LogP contribution is 2.26. The number of rotatable bonds is 6. The smallest absolute Gasteiger partial charge is 0.305 e. The summed E-state index contributed by atoms with van der Waals surface area (Å²) in [6.07, 6.45) is 1.58. The fourth-order valence-electron chi connectivity index (χ4n) is 1.87. The number of methoxy groups -OCH3 is 1. The third-order valence-corrected chi connectivity index (χ3v) is 2.87. The van der Waals surface area contributed by atoms with Gasteiger partial charge >= 0.3 is 5.97 Å². The molecule has 0 aliphatic carbocycles. The minimum Gasteiger partial charge on any atom is -0.497 e. The molecule has 106 valence electrons. The number of furan rings is 1. The predicted octanol–water partition coefficient (Wildman–Crippen LogP) is 1.57. The number of fused-ring (bicyclic) bond motifs is 1. The van der Waals surface area contributed by atoms with Gasteiger partial charge in [0.15, 0.2) is 0 Å². The van der Waals surface area contributed by atoms with E-state index in [0.29, 0.717) is 11.3 Å². The lowest BCUT2D eigenvalue weighted by molar-refractivity contribution is -0.136. The predicted molar refractivity (Wildman–Crippen MR) is 71.7 cm³/mol. The molecular formula is C14H15NO5. The summed E-state index contributed by atoms with van der Waals surface area (Å²) >= 11 is 0. The van der Waals surface area contributed by atoms with Crippen LogP contribution >= 0.6 is 0 Å². The maximum atomic E-state index is 11.7. The normalized spacial score (nSPS) is 10.4. The topological polar surface area (TPSA) is 88.8 Å². The quantitative estimate of drug-likeness (QED) is 0.836. The maximum absolute atomic E-state index is 11.7. The Balaban J connectivity index is 2.05. The van der Waals surface area contributed by atoms with Gasteiger partial charge in [0.25, 0.3) is 0 Å². The number of carboxylic acid groups (broad SMARTS) is 1. The Bertz CT molecular complexity index is 632. The molecule has 0 radical (unpaired) electrons. The molecule has 0 saturated carbocycles. The van der Waals surface area contributed by atoms with Gasteiger partial charge in [0.05, 0.1) is 26.2 Å². The number of hydrogen-bond donors (Lipinski definition) is 2. The Hall–Kier alpha value is -2.50. The third-order valence-electron chi connectivity index (χ3n) is 2.87. The van der Waals surface area contributed by atoms with Crippen molar-refractivity contribution in [3.63, 3.8) is 0 Å². The van der Waals surface area contributed by atoms with E-state index in [1.54, 1.807) is 25.3 Å². The van der Waals surface area contributed by atoms with Crippen LogP contribution in [0.1, 0.15) is 12.0 Å². The van der Waals surface area contributed by atoms with Gasteiger partial charge in [0.2, 0.25) is 5.91 Å². The van der Waals surface area contributed by atoms with Crippen molar-refractivity contribution in [3.8, 4) is 5.75 Å². The van der Waals surface area contributed by atoms with Crippen molar-refractivity contribution in [2.24, 2.45) is 0 Å². The van der Waals surface area contributed by atoms with E-state index in [9.17, 15) is 9.59 Å². The molecule has 6 nitrogen and oxygen atoms in total. The van der Waals surface area contributed by atoms with E-state index >= 15 is 0 Å². The number of hydrogen-bond acceptors (Lipinski definition) is 4. The third kappa shape index (κ3) is 3.28. The second-order valence-electron chi connectivity index (χ2n) is 4.29. The lowest BCUT2D eigenvalue weighted by Crippen LogP contribution is -2.27. The highest BCUT2D eigenvalue weighted by atomic mass is 16.5. The standard InChI is InChI=1S/C14H15NO5/c1-19-10-2-3-12-11(7-10)9(8-20-12)6-13(16)15-5-4-14(17)18/h2-3,7-8H,4-6H2,1H3,(H,15,16)(H,17,18). The molecule has 2 aromatic rings. The Morgan fingerprint density at radius 1 is 1.40 bits per heavy atom. The lowest BCUT2D eigenvalue weighted by atomic mass is 10.1. The Labute approximate surface area is 115 Å². The first-order valence-corrected chi connectivity index (χ1v) is 6.12. The number of carbonyl (C=O) groups is 2. The second-order valence-corrected chi connectivity index (χ2v) is 4.29. The molecule has 1 aromatic carbocycles. The molecule has 6 heteroatoms. The summed E-state index contributed by atoms with van der Waals surface area (Å²) in [6.45, 7) is 0.118. The molecule has 0 atom stereocenters. The molecule has 1 heterocycles. The lowest BCUT2D eigenvalue weighted by Gasteiger charge is -2.03. The largest absolute Gasteiger partial charge is 0.497 e. The average molecular weight is 277 g/mol. The average Bonchev–Trinajstić information content (AvgIpc) is 2.80. The molecule has 20 heavy (non-hydrogen) atoms. The summed E-state index contributed by atoms with van der Waals surface area (Å²) in [5.74, 6) is -0.494. The number of benzene rings is 1. The molecule has 0 fully saturated rings. The number of ether oxygens (including phenoxy) is 1. The summed E-state index contributed by atoms with van der Waals surface area (Å²) < 4.78 is 10.5. The second kappa shape index (κ2) is 6.10. The summed E-state index contributed by atoms with van der Waals surface area (Å²) in [5.41, 5.74) is 1.42. The number of aliphatic carboxylic acids is 1. The molecule has 0 spiro atoms. The van der Waals surface area contributed by atoms with Gasteiger partial charge in [-0.1, -0.05) is 0 Å². The van der Waals surface area contributed by atoms with Gasteiger partial charge in [0, 0.05) is 17.5 Å². The van der Waals surface area contributed by atoms with E-state index in [1.807, 2.05) is 0 Å². The van der Waals surface area contributed by atoms with Crippen LogP contribution < -0.4 is 10.1 Å². The summed E-state index contributed by atoms with van der Waals surface area (Å²) in [7, 11) is 1.57. The molecule has 1 aromatic heterocycles. The summed E-state index contributed by atoms with van der Waals surface area (Å²) in [5, 5.41) is 11.9. The number of carboxylic acids is 1. The minimum absolute atomic E-state index is 0.0916. The fourth-order valence-corrected chi connectivity index (χ4v) is 1.87. The van der Waals surface area contributed by atoms with Crippen molar-refractivity contribution in [1.82, 2.24) is 5.32 Å². The van der Waals surface area contributed by atoms with Gasteiger partial charge in [0.1, 0.15) is 11.3 Å². The zero-order valence-electron chi connectivity index (χ0n) is 11.0. The minimum atomic E-state index is -0.941. The Kier molecular flexibility index (Phi) is 4.24. The van der Waals surface area contributed by atoms with Crippen LogP contribution in [0.25, 0.3) is 11.0 Å². The van der Waals surface area contributed by atoms with Crippen LogP contribution in [0.4, 0.5) is 0 Å². The van der Waals surface area contributed by atoms with Crippen molar-refractivity contribution in [1.29, 1.82) is 0 Å². The molecule has 0 aliphatic rings. The van der Waals surface area contributed by atoms with Gasteiger partial charge in [-0.2, -0.15) is 0 Å². The number of nitrogens with one attached hydrogen (secondary N) is 1. The molecule has 1 amide bonds. The van der Waals surface area contributed by atoms with Crippen molar-refractivity contribution in [2.75, 3.05) is 13.7 Å². The molecule has 0 saturated heterocycles. The maximum Gasteiger partial charge on any atom is 0.305 e. The van der Waals surface area contributed by atoms with Crippen LogP contribution in [0.5, 0.6) is 5.75 Å². The van der Waals surface area contributed by atoms with Gasteiger partial charge in [-0.25, -0.2) is 0 Å². The van der Waals surface area contributed by atoms with Crippen LogP contribution in [-0.4, -0.2) is 30.6 Å². The Morgan fingerprint density at radius 3 is 2.90 bits per heavy atom. The van der Waals surface area contributed by atoms with E-state index in [2.05, 4.69) is 5.32 Å². The first-order chi connectivity index (χ1) is 9.60. The van der Waals surface area contributed by atoms with Crippen LogP contribution in [0.2, 0.25) is 0 Å². The molecule has 0 unspecified atom stereocenters. The van der Waals surface area contributed by atoms with Gasteiger partial charge in [-0.05, 0) is 18.2 Å². The van der Waals surface area contributed by atoms with Crippen molar-refractivity contribution in [2.45, 2.75) is 12.8 Å². The van der Waals surface area contributed by atoms with Crippen molar-refractivity contribution in [3.05, 3.63) is 30.0 Å². The van der Waals surface area contributed by atoms with E-state index < -0.39 is 5.97 Å². The first-order valence-electron chi connectivity index (χ1n) is 6.12. The highest BCUT2D eigenvalue weighted by molar-refractivity contribution is 5.88.